The standard InChI is InChI=1S/C17H26N3O2S.ClHO4/c1-13(20(4,5)6)18-23(21,22)17-12-8-9-14-15(17)10-7-11-16(14)19(2)3;2-1(3,4)5/h7-13,18H,1-6H3;(H,2,3,4,5)/q+1;/p-1. The van der Waals surface area contributed by atoms with Crippen LogP contribution in [0.3, 0.4) is 0 Å². The molecule has 0 heterocycles. The monoisotopic (exact) mass is 435 g/mol. The van der Waals surface area contributed by atoms with Crippen molar-refractivity contribution in [1.82, 2.24) is 4.72 Å². The fourth-order valence-corrected chi connectivity index (χ4v) is 3.95. The molecule has 0 amide bonds. The molecule has 0 aromatic heterocycles. The molecule has 1 unspecified atom stereocenters. The maximum absolute atomic E-state index is 12.8. The molecule has 0 radical (unpaired) electrons. The lowest BCUT2D eigenvalue weighted by atomic mass is 10.1. The summed E-state index contributed by atoms with van der Waals surface area (Å²) >= 11 is 0. The van der Waals surface area contributed by atoms with Gasteiger partial charge in [0.1, 0.15) is 0 Å². The summed E-state index contributed by atoms with van der Waals surface area (Å²) in [7, 11) is 1.24. The average molecular weight is 436 g/mol. The lowest BCUT2D eigenvalue weighted by Crippen LogP contribution is -2.68. The van der Waals surface area contributed by atoms with Crippen molar-refractivity contribution < 1.29 is 41.8 Å². The molecule has 0 fully saturated rings. The van der Waals surface area contributed by atoms with Gasteiger partial charge in [0, 0.05) is 37.5 Å². The van der Waals surface area contributed by atoms with Gasteiger partial charge in [0.05, 0.1) is 26.0 Å². The number of benzene rings is 2. The average Bonchev–Trinajstić information content (AvgIpc) is 2.50. The van der Waals surface area contributed by atoms with Gasteiger partial charge >= 0.3 is 0 Å². The first kappa shape index (κ1) is 24.5. The number of halogens is 1. The molecule has 0 spiro atoms. The SMILES string of the molecule is CC(NS(=O)(=O)c1cccc2c(N(C)C)cccc12)[N+](C)(C)C.[O-][Cl+3]([O-])([O-])[O-]. The Bertz CT molecular complexity index is 901. The Labute approximate surface area is 167 Å². The first-order valence-electron chi connectivity index (χ1n) is 8.18. The largest absolute Gasteiger partial charge is 0.377 e. The van der Waals surface area contributed by atoms with Crippen LogP contribution in [0.25, 0.3) is 10.8 Å². The highest BCUT2D eigenvalue weighted by Crippen LogP contribution is 2.30. The van der Waals surface area contributed by atoms with Crippen LogP contribution in [0.4, 0.5) is 5.69 Å². The van der Waals surface area contributed by atoms with Gasteiger partial charge < -0.3 is 9.38 Å². The third-order valence-electron chi connectivity index (χ3n) is 4.12. The van der Waals surface area contributed by atoms with E-state index >= 15 is 0 Å². The Kier molecular flexibility index (Phi) is 7.79. The van der Waals surface area contributed by atoms with Crippen molar-refractivity contribution in [3.05, 3.63) is 36.4 Å². The second-order valence-electron chi connectivity index (χ2n) is 7.31. The Morgan fingerprint density at radius 2 is 1.43 bits per heavy atom. The van der Waals surface area contributed by atoms with Crippen molar-refractivity contribution in [3.8, 4) is 0 Å². The number of nitrogens with zero attached hydrogens (tertiary/aromatic N) is 2. The van der Waals surface area contributed by atoms with Crippen molar-refractivity contribution in [2.45, 2.75) is 18.0 Å². The van der Waals surface area contributed by atoms with Gasteiger partial charge in [0.25, 0.3) is 0 Å². The summed E-state index contributed by atoms with van der Waals surface area (Å²) in [6.07, 6.45) is -0.229. The summed E-state index contributed by atoms with van der Waals surface area (Å²) in [6.45, 7) is 1.87. The van der Waals surface area contributed by atoms with E-state index in [4.69, 9.17) is 18.6 Å². The first-order valence-corrected chi connectivity index (χ1v) is 10.9. The van der Waals surface area contributed by atoms with Crippen LogP contribution >= 0.6 is 0 Å². The van der Waals surface area contributed by atoms with Gasteiger partial charge in [0.15, 0.2) is 6.17 Å². The zero-order valence-corrected chi connectivity index (χ0v) is 18.2. The maximum atomic E-state index is 12.8. The van der Waals surface area contributed by atoms with Crippen LogP contribution in [0.15, 0.2) is 41.3 Å². The minimum atomic E-state index is -4.94. The number of nitrogens with one attached hydrogen (secondary N) is 1. The number of anilines is 1. The summed E-state index contributed by atoms with van der Waals surface area (Å²) in [4.78, 5) is 2.31. The maximum Gasteiger partial charge on any atom is 0.245 e. The van der Waals surface area contributed by atoms with Crippen LogP contribution in [0.1, 0.15) is 6.92 Å². The number of hydrogen-bond acceptors (Lipinski definition) is 7. The number of fused-ring (bicyclic) bond motifs is 1. The molecule has 2 aromatic carbocycles. The smallest absolute Gasteiger partial charge is 0.245 e. The normalized spacial score (nSPS) is 13.6. The first-order chi connectivity index (χ1) is 12.5. The van der Waals surface area contributed by atoms with Gasteiger partial charge in [0.2, 0.25) is 10.0 Å². The summed E-state index contributed by atoms with van der Waals surface area (Å²) in [5, 5.41) is 1.66. The van der Waals surface area contributed by atoms with Gasteiger partial charge in [-0.3, -0.25) is 0 Å². The molecule has 0 saturated carbocycles. The van der Waals surface area contributed by atoms with Crippen molar-refractivity contribution in [3.63, 3.8) is 0 Å². The number of sulfonamides is 1. The van der Waals surface area contributed by atoms with E-state index in [0.29, 0.717) is 9.38 Å². The number of hydrogen-bond donors (Lipinski definition) is 1. The van der Waals surface area contributed by atoms with Crippen LogP contribution in [-0.4, -0.2) is 54.3 Å². The van der Waals surface area contributed by atoms with Gasteiger partial charge in [-0.15, -0.1) is 10.2 Å². The Hall–Kier alpha value is -1.50. The molecule has 0 aliphatic heterocycles. The third kappa shape index (κ3) is 7.15. The molecule has 2 rings (SSSR count). The highest BCUT2D eigenvalue weighted by atomic mass is 35.7. The Morgan fingerprint density at radius 3 is 1.89 bits per heavy atom. The molecule has 11 heteroatoms. The minimum absolute atomic E-state index is 0.229. The Morgan fingerprint density at radius 1 is 0.964 bits per heavy atom. The van der Waals surface area contributed by atoms with Crippen LogP contribution in [0.2, 0.25) is 0 Å². The predicted molar refractivity (Wildman–Crippen MR) is 96.1 cm³/mol. The molecule has 158 valence electrons. The summed E-state index contributed by atoms with van der Waals surface area (Å²) in [5.41, 5.74) is 0.999. The molecule has 9 nitrogen and oxygen atoms in total. The lowest BCUT2D eigenvalue weighted by molar-refractivity contribution is -2.00. The van der Waals surface area contributed by atoms with Crippen LogP contribution in [0.5, 0.6) is 0 Å². The second kappa shape index (κ2) is 8.89. The van der Waals surface area contributed by atoms with E-state index in [9.17, 15) is 8.42 Å². The molecule has 0 saturated heterocycles. The quantitative estimate of drug-likeness (QED) is 0.403. The second-order valence-corrected chi connectivity index (χ2v) is 9.75. The zero-order chi connectivity index (χ0) is 21.9. The minimum Gasteiger partial charge on any atom is -0.377 e. The fraction of sp³-hybridized carbons (Fsp3) is 0.412. The van der Waals surface area contributed by atoms with E-state index in [1.165, 1.54) is 0 Å². The third-order valence-corrected chi connectivity index (χ3v) is 5.70. The van der Waals surface area contributed by atoms with Gasteiger partial charge in [-0.1, -0.05) is 24.3 Å². The number of rotatable bonds is 5. The number of quaternary nitrogens is 1. The molecular formula is C17H26ClN3O6S. The van der Waals surface area contributed by atoms with Gasteiger partial charge in [-0.25, -0.2) is 27.1 Å². The zero-order valence-electron chi connectivity index (χ0n) is 16.7. The van der Waals surface area contributed by atoms with E-state index in [1.54, 1.807) is 12.1 Å². The molecule has 2 aromatic rings. The summed E-state index contributed by atoms with van der Waals surface area (Å²) in [6, 6.07) is 11.1. The van der Waals surface area contributed by atoms with E-state index in [1.807, 2.05) is 71.3 Å². The highest BCUT2D eigenvalue weighted by Gasteiger charge is 2.27. The van der Waals surface area contributed by atoms with Crippen LogP contribution in [0, 0.1) is 10.2 Å². The van der Waals surface area contributed by atoms with Gasteiger partial charge in [-0.05, 0) is 12.1 Å². The van der Waals surface area contributed by atoms with E-state index < -0.39 is 20.3 Å². The molecule has 1 N–H and O–H groups in total. The van der Waals surface area contributed by atoms with Crippen LogP contribution in [-0.2, 0) is 10.0 Å². The molecule has 28 heavy (non-hydrogen) atoms. The summed E-state index contributed by atoms with van der Waals surface area (Å²) in [5.74, 6) is 0. The van der Waals surface area contributed by atoms with Gasteiger partial charge in [-0.2, -0.15) is 4.72 Å². The van der Waals surface area contributed by atoms with Crippen molar-refractivity contribution in [1.29, 1.82) is 0 Å². The molecular weight excluding hydrogens is 410 g/mol. The van der Waals surface area contributed by atoms with E-state index in [-0.39, 0.29) is 6.17 Å². The topological polar surface area (TPSA) is 142 Å². The highest BCUT2D eigenvalue weighted by molar-refractivity contribution is 7.89. The fourth-order valence-electron chi connectivity index (χ4n) is 2.33. The molecule has 0 bridgehead atoms. The van der Waals surface area contributed by atoms with Crippen LogP contribution < -0.4 is 28.3 Å². The molecule has 1 atom stereocenters. The Balaban J connectivity index is 0.000000696. The molecule has 0 aliphatic carbocycles. The predicted octanol–water partition coefficient (Wildman–Crippen LogP) is -2.52. The lowest BCUT2D eigenvalue weighted by Gasteiger charge is -2.31. The van der Waals surface area contributed by atoms with E-state index in [2.05, 4.69) is 4.72 Å². The van der Waals surface area contributed by atoms with Crippen molar-refractivity contribution in [2.24, 2.45) is 0 Å². The summed E-state index contributed by atoms with van der Waals surface area (Å²) < 4.78 is 63.0. The molecule has 0 aliphatic rings. The van der Waals surface area contributed by atoms with Crippen molar-refractivity contribution >= 4 is 26.5 Å². The van der Waals surface area contributed by atoms with E-state index in [0.717, 1.165) is 16.5 Å². The van der Waals surface area contributed by atoms with Crippen molar-refractivity contribution in [2.75, 3.05) is 40.1 Å².